The maximum atomic E-state index is 12.2. The quantitative estimate of drug-likeness (QED) is 0.759. The molecular formula is C16H28N2O3. The Morgan fingerprint density at radius 2 is 1.95 bits per heavy atom. The number of carboxylic acids is 1. The van der Waals surface area contributed by atoms with E-state index in [-0.39, 0.29) is 12.5 Å². The van der Waals surface area contributed by atoms with Crippen LogP contribution in [0.3, 0.4) is 0 Å². The lowest BCUT2D eigenvalue weighted by Gasteiger charge is -2.32. The van der Waals surface area contributed by atoms with Crippen molar-refractivity contribution in [1.82, 2.24) is 10.2 Å². The molecule has 1 aliphatic heterocycles. The van der Waals surface area contributed by atoms with Crippen LogP contribution in [0, 0.1) is 11.3 Å². The van der Waals surface area contributed by atoms with Gasteiger partial charge in [-0.3, -0.25) is 4.79 Å². The molecule has 2 fully saturated rings. The summed E-state index contributed by atoms with van der Waals surface area (Å²) >= 11 is 0. The van der Waals surface area contributed by atoms with Gasteiger partial charge in [-0.15, -0.1) is 0 Å². The topological polar surface area (TPSA) is 69.6 Å². The first-order chi connectivity index (χ1) is 10.0. The zero-order chi connectivity index (χ0) is 15.3. The number of nitrogens with zero attached hydrogens (tertiary/aromatic N) is 1. The Morgan fingerprint density at radius 1 is 1.29 bits per heavy atom. The van der Waals surface area contributed by atoms with Crippen molar-refractivity contribution in [2.24, 2.45) is 11.3 Å². The van der Waals surface area contributed by atoms with Gasteiger partial charge in [-0.2, -0.15) is 0 Å². The molecule has 5 nitrogen and oxygen atoms in total. The third kappa shape index (κ3) is 4.90. The number of hydrogen-bond acceptors (Lipinski definition) is 2. The van der Waals surface area contributed by atoms with Gasteiger partial charge >= 0.3 is 12.0 Å². The van der Waals surface area contributed by atoms with Gasteiger partial charge < -0.3 is 15.3 Å². The highest BCUT2D eigenvalue weighted by Gasteiger charge is 2.41. The van der Waals surface area contributed by atoms with Crippen molar-refractivity contribution in [3.63, 3.8) is 0 Å². The van der Waals surface area contributed by atoms with Crippen molar-refractivity contribution in [1.29, 1.82) is 0 Å². The highest BCUT2D eigenvalue weighted by Crippen LogP contribution is 2.48. The maximum Gasteiger partial charge on any atom is 0.317 e. The molecule has 21 heavy (non-hydrogen) atoms. The molecule has 1 saturated carbocycles. The largest absolute Gasteiger partial charge is 0.481 e. The summed E-state index contributed by atoms with van der Waals surface area (Å²) in [6, 6.07) is 0.0639. The molecule has 120 valence electrons. The van der Waals surface area contributed by atoms with Gasteiger partial charge in [0.15, 0.2) is 0 Å². The second-order valence-corrected chi connectivity index (χ2v) is 6.77. The first-order valence-corrected chi connectivity index (χ1v) is 8.29. The SMILES string of the molecule is CCCC1(CNC(=O)N2CCC(CCC(=O)O)CC2)CC1. The van der Waals surface area contributed by atoms with Gasteiger partial charge in [0.1, 0.15) is 0 Å². The number of carbonyl (C=O) groups excluding carboxylic acids is 1. The summed E-state index contributed by atoms with van der Waals surface area (Å²) in [7, 11) is 0. The fourth-order valence-electron chi connectivity index (χ4n) is 3.35. The monoisotopic (exact) mass is 296 g/mol. The van der Waals surface area contributed by atoms with E-state index in [9.17, 15) is 9.59 Å². The summed E-state index contributed by atoms with van der Waals surface area (Å²) in [5.41, 5.74) is 0.393. The zero-order valence-electron chi connectivity index (χ0n) is 13.1. The Labute approximate surface area is 127 Å². The van der Waals surface area contributed by atoms with Gasteiger partial charge in [-0.05, 0) is 49.9 Å². The molecule has 0 unspecified atom stereocenters. The molecule has 0 aromatic carbocycles. The molecule has 0 radical (unpaired) electrons. The number of piperidine rings is 1. The van der Waals surface area contributed by atoms with Gasteiger partial charge in [0.25, 0.3) is 0 Å². The lowest BCUT2D eigenvalue weighted by molar-refractivity contribution is -0.137. The minimum atomic E-state index is -0.721. The number of nitrogens with one attached hydrogen (secondary N) is 1. The highest BCUT2D eigenvalue weighted by molar-refractivity contribution is 5.74. The summed E-state index contributed by atoms with van der Waals surface area (Å²) < 4.78 is 0. The zero-order valence-corrected chi connectivity index (χ0v) is 13.1. The van der Waals surface area contributed by atoms with Crippen LogP contribution >= 0.6 is 0 Å². The Balaban J connectivity index is 1.65. The van der Waals surface area contributed by atoms with Gasteiger partial charge in [-0.1, -0.05) is 13.3 Å². The van der Waals surface area contributed by atoms with E-state index in [4.69, 9.17) is 5.11 Å². The van der Waals surface area contributed by atoms with E-state index in [1.54, 1.807) is 0 Å². The van der Waals surface area contributed by atoms with Crippen LogP contribution in [-0.4, -0.2) is 41.6 Å². The third-order valence-electron chi connectivity index (χ3n) is 5.02. The van der Waals surface area contributed by atoms with E-state index >= 15 is 0 Å². The van der Waals surface area contributed by atoms with Gasteiger partial charge in [-0.25, -0.2) is 4.79 Å². The molecule has 1 heterocycles. The highest BCUT2D eigenvalue weighted by atomic mass is 16.4. The van der Waals surface area contributed by atoms with E-state index in [0.29, 0.717) is 11.3 Å². The van der Waals surface area contributed by atoms with Crippen molar-refractivity contribution in [3.05, 3.63) is 0 Å². The normalized spacial score (nSPS) is 21.1. The molecule has 2 N–H and O–H groups in total. The summed E-state index contributed by atoms with van der Waals surface area (Å²) in [6.45, 7) is 4.54. The Morgan fingerprint density at radius 3 is 2.48 bits per heavy atom. The number of urea groups is 1. The molecule has 0 bridgehead atoms. The standard InChI is InChI=1S/C16H28N2O3/c1-2-7-16(8-9-16)12-17-15(21)18-10-5-13(6-11-18)3-4-14(19)20/h13H,2-12H2,1H3,(H,17,21)(H,19,20). The van der Waals surface area contributed by atoms with E-state index < -0.39 is 5.97 Å². The van der Waals surface area contributed by atoms with Crippen molar-refractivity contribution < 1.29 is 14.7 Å². The van der Waals surface area contributed by atoms with Crippen LogP contribution in [0.15, 0.2) is 0 Å². The van der Waals surface area contributed by atoms with Crippen LogP contribution in [-0.2, 0) is 4.79 Å². The first-order valence-electron chi connectivity index (χ1n) is 8.29. The van der Waals surface area contributed by atoms with Crippen molar-refractivity contribution in [3.8, 4) is 0 Å². The predicted molar refractivity (Wildman–Crippen MR) is 81.1 cm³/mol. The fourth-order valence-corrected chi connectivity index (χ4v) is 3.35. The van der Waals surface area contributed by atoms with Crippen LogP contribution in [0.1, 0.15) is 58.3 Å². The molecular weight excluding hydrogens is 268 g/mol. The van der Waals surface area contributed by atoms with Crippen LogP contribution in [0.25, 0.3) is 0 Å². The summed E-state index contributed by atoms with van der Waals surface area (Å²) in [4.78, 5) is 24.6. The summed E-state index contributed by atoms with van der Waals surface area (Å²) in [5.74, 6) is -0.263. The summed E-state index contributed by atoms with van der Waals surface area (Å²) in [6.07, 6.45) is 7.74. The molecule has 5 heteroatoms. The number of carboxylic acid groups (broad SMARTS) is 1. The number of likely N-dealkylation sites (tertiary alicyclic amines) is 1. The van der Waals surface area contributed by atoms with Crippen LogP contribution in [0.2, 0.25) is 0 Å². The van der Waals surface area contributed by atoms with Crippen LogP contribution in [0.4, 0.5) is 4.79 Å². The van der Waals surface area contributed by atoms with E-state index in [2.05, 4.69) is 12.2 Å². The Kier molecular flexibility index (Phi) is 5.48. The van der Waals surface area contributed by atoms with Gasteiger partial charge in [0.05, 0.1) is 0 Å². The molecule has 2 rings (SSSR count). The minimum Gasteiger partial charge on any atom is -0.481 e. The van der Waals surface area contributed by atoms with Crippen molar-refractivity contribution in [2.45, 2.75) is 58.3 Å². The lowest BCUT2D eigenvalue weighted by atomic mass is 9.92. The average molecular weight is 296 g/mol. The molecule has 2 aliphatic rings. The van der Waals surface area contributed by atoms with Crippen LogP contribution in [0.5, 0.6) is 0 Å². The van der Waals surface area contributed by atoms with Crippen LogP contribution < -0.4 is 5.32 Å². The number of aliphatic carboxylic acids is 1. The number of rotatable bonds is 7. The molecule has 0 spiro atoms. The Bertz CT molecular complexity index is 372. The molecule has 0 aromatic heterocycles. The predicted octanol–water partition coefficient (Wildman–Crippen LogP) is 2.85. The lowest BCUT2D eigenvalue weighted by Crippen LogP contribution is -2.46. The molecule has 1 saturated heterocycles. The molecule has 2 amide bonds. The number of hydrogen-bond donors (Lipinski definition) is 2. The number of amides is 2. The first kappa shape index (κ1) is 16.1. The van der Waals surface area contributed by atoms with E-state index in [1.165, 1.54) is 25.7 Å². The van der Waals surface area contributed by atoms with Crippen molar-refractivity contribution in [2.75, 3.05) is 19.6 Å². The third-order valence-corrected chi connectivity index (χ3v) is 5.02. The molecule has 0 aromatic rings. The van der Waals surface area contributed by atoms with Gasteiger partial charge in [0, 0.05) is 26.1 Å². The molecule has 1 aliphatic carbocycles. The number of carbonyl (C=O) groups is 2. The van der Waals surface area contributed by atoms with E-state index in [0.717, 1.165) is 38.9 Å². The Hall–Kier alpha value is -1.26. The second kappa shape index (κ2) is 7.14. The van der Waals surface area contributed by atoms with Gasteiger partial charge in [0.2, 0.25) is 0 Å². The second-order valence-electron chi connectivity index (χ2n) is 6.77. The fraction of sp³-hybridized carbons (Fsp3) is 0.875. The maximum absolute atomic E-state index is 12.2. The minimum absolute atomic E-state index is 0.0639. The van der Waals surface area contributed by atoms with Crippen molar-refractivity contribution >= 4 is 12.0 Å². The summed E-state index contributed by atoms with van der Waals surface area (Å²) in [5, 5.41) is 11.8. The molecule has 0 atom stereocenters. The van der Waals surface area contributed by atoms with E-state index in [1.807, 2.05) is 4.90 Å². The smallest absolute Gasteiger partial charge is 0.317 e. The average Bonchev–Trinajstić information content (AvgIpc) is 3.24.